The molecular formula is C10H20N2O2. The predicted octanol–water partition coefficient (Wildman–Crippen LogP) is 1.37. The zero-order valence-corrected chi connectivity index (χ0v) is 9.41. The van der Waals surface area contributed by atoms with Crippen LogP contribution >= 0.6 is 0 Å². The van der Waals surface area contributed by atoms with Crippen molar-refractivity contribution in [2.24, 2.45) is 5.73 Å². The molecule has 14 heavy (non-hydrogen) atoms. The van der Waals surface area contributed by atoms with Gasteiger partial charge in [0, 0.05) is 20.1 Å². The van der Waals surface area contributed by atoms with E-state index < -0.39 is 5.60 Å². The lowest BCUT2D eigenvalue weighted by Gasteiger charge is -2.23. The van der Waals surface area contributed by atoms with Crippen molar-refractivity contribution in [1.29, 1.82) is 0 Å². The molecule has 0 aromatic carbocycles. The molecule has 0 saturated heterocycles. The fourth-order valence-corrected chi connectivity index (χ4v) is 0.743. The fourth-order valence-electron chi connectivity index (χ4n) is 0.743. The predicted molar refractivity (Wildman–Crippen MR) is 57.1 cm³/mol. The van der Waals surface area contributed by atoms with Gasteiger partial charge in [-0.15, -0.1) is 0 Å². The van der Waals surface area contributed by atoms with Crippen molar-refractivity contribution in [3.8, 4) is 0 Å². The molecule has 0 fully saturated rings. The SMILES string of the molecule is CN(C/C=C/CN)C(=O)OC(C)(C)C. The van der Waals surface area contributed by atoms with E-state index in [4.69, 9.17) is 10.5 Å². The molecule has 0 unspecified atom stereocenters. The maximum Gasteiger partial charge on any atom is 0.410 e. The molecule has 4 nitrogen and oxygen atoms in total. The topological polar surface area (TPSA) is 55.6 Å². The van der Waals surface area contributed by atoms with Crippen LogP contribution < -0.4 is 5.73 Å². The van der Waals surface area contributed by atoms with Crippen molar-refractivity contribution in [1.82, 2.24) is 4.90 Å². The standard InChI is InChI=1S/C10H20N2O2/c1-10(2,3)14-9(13)12(4)8-6-5-7-11/h5-6H,7-8,11H2,1-4H3/b6-5+. The largest absolute Gasteiger partial charge is 0.444 e. The highest BCUT2D eigenvalue weighted by molar-refractivity contribution is 5.67. The van der Waals surface area contributed by atoms with Gasteiger partial charge in [-0.1, -0.05) is 12.2 Å². The molecular weight excluding hydrogens is 180 g/mol. The first-order valence-corrected chi connectivity index (χ1v) is 4.66. The molecule has 0 spiro atoms. The summed E-state index contributed by atoms with van der Waals surface area (Å²) in [6, 6.07) is 0. The van der Waals surface area contributed by atoms with Crippen molar-refractivity contribution in [2.75, 3.05) is 20.1 Å². The van der Waals surface area contributed by atoms with Crippen molar-refractivity contribution in [2.45, 2.75) is 26.4 Å². The first-order chi connectivity index (χ1) is 6.37. The number of ether oxygens (including phenoxy) is 1. The normalized spacial score (nSPS) is 11.8. The maximum atomic E-state index is 11.4. The van der Waals surface area contributed by atoms with E-state index in [0.29, 0.717) is 13.1 Å². The second-order valence-corrected chi connectivity index (χ2v) is 4.07. The second-order valence-electron chi connectivity index (χ2n) is 4.07. The van der Waals surface area contributed by atoms with Gasteiger partial charge in [0.05, 0.1) is 0 Å². The minimum atomic E-state index is -0.442. The molecule has 0 aromatic heterocycles. The highest BCUT2D eigenvalue weighted by Crippen LogP contribution is 2.08. The number of hydrogen-bond donors (Lipinski definition) is 1. The van der Waals surface area contributed by atoms with E-state index in [1.54, 1.807) is 13.1 Å². The number of carbonyl (C=O) groups excluding carboxylic acids is 1. The highest BCUT2D eigenvalue weighted by atomic mass is 16.6. The Morgan fingerprint density at radius 1 is 1.43 bits per heavy atom. The molecule has 0 aliphatic rings. The Hall–Kier alpha value is -1.03. The monoisotopic (exact) mass is 200 g/mol. The average Bonchev–Trinajstić information content (AvgIpc) is 2.01. The van der Waals surface area contributed by atoms with Crippen molar-refractivity contribution in [3.63, 3.8) is 0 Å². The molecule has 0 radical (unpaired) electrons. The Morgan fingerprint density at radius 2 is 2.00 bits per heavy atom. The van der Waals surface area contributed by atoms with Crippen LogP contribution in [0.4, 0.5) is 4.79 Å². The van der Waals surface area contributed by atoms with Crippen LogP contribution in [-0.2, 0) is 4.74 Å². The van der Waals surface area contributed by atoms with E-state index in [-0.39, 0.29) is 6.09 Å². The van der Waals surface area contributed by atoms with Gasteiger partial charge in [0.1, 0.15) is 5.60 Å². The molecule has 0 aliphatic carbocycles. The van der Waals surface area contributed by atoms with Gasteiger partial charge in [-0.3, -0.25) is 0 Å². The molecule has 0 aromatic rings. The minimum absolute atomic E-state index is 0.320. The van der Waals surface area contributed by atoms with Gasteiger partial charge in [0.15, 0.2) is 0 Å². The van der Waals surface area contributed by atoms with Crippen LogP contribution in [0.25, 0.3) is 0 Å². The Kier molecular flexibility index (Phi) is 5.23. The molecule has 2 N–H and O–H groups in total. The van der Waals surface area contributed by atoms with Crippen LogP contribution in [-0.4, -0.2) is 36.7 Å². The number of carbonyl (C=O) groups is 1. The van der Waals surface area contributed by atoms with Crippen molar-refractivity contribution >= 4 is 6.09 Å². The lowest BCUT2D eigenvalue weighted by molar-refractivity contribution is 0.0317. The molecule has 0 atom stereocenters. The van der Waals surface area contributed by atoms with Gasteiger partial charge < -0.3 is 15.4 Å². The summed E-state index contributed by atoms with van der Waals surface area (Å²) in [6.45, 7) is 6.53. The van der Waals surface area contributed by atoms with Crippen LogP contribution in [0.5, 0.6) is 0 Å². The zero-order chi connectivity index (χ0) is 11.2. The van der Waals surface area contributed by atoms with E-state index >= 15 is 0 Å². The number of nitrogens with two attached hydrogens (primary N) is 1. The lowest BCUT2D eigenvalue weighted by atomic mass is 10.2. The third kappa shape index (κ3) is 6.48. The molecule has 0 aliphatic heterocycles. The van der Waals surface area contributed by atoms with Gasteiger partial charge in [0.2, 0.25) is 0 Å². The summed E-state index contributed by atoms with van der Waals surface area (Å²) in [4.78, 5) is 12.9. The second kappa shape index (κ2) is 5.65. The summed E-state index contributed by atoms with van der Waals surface area (Å²) in [5.74, 6) is 0. The third-order valence-electron chi connectivity index (χ3n) is 1.39. The molecule has 0 bridgehead atoms. The van der Waals surface area contributed by atoms with E-state index in [1.807, 2.05) is 26.8 Å². The average molecular weight is 200 g/mol. The smallest absolute Gasteiger partial charge is 0.410 e. The quantitative estimate of drug-likeness (QED) is 0.700. The number of nitrogens with zero attached hydrogens (tertiary/aromatic N) is 1. The van der Waals surface area contributed by atoms with Crippen LogP contribution in [0.15, 0.2) is 12.2 Å². The summed E-state index contributed by atoms with van der Waals surface area (Å²) < 4.78 is 5.15. The Bertz CT molecular complexity index is 207. The molecule has 4 heteroatoms. The van der Waals surface area contributed by atoms with Gasteiger partial charge >= 0.3 is 6.09 Å². The summed E-state index contributed by atoms with van der Waals surface area (Å²) in [5.41, 5.74) is 4.83. The summed E-state index contributed by atoms with van der Waals surface area (Å²) >= 11 is 0. The van der Waals surface area contributed by atoms with Crippen LogP contribution in [0.3, 0.4) is 0 Å². The number of amides is 1. The first kappa shape index (κ1) is 13.0. The first-order valence-electron chi connectivity index (χ1n) is 4.66. The summed E-state index contributed by atoms with van der Waals surface area (Å²) in [6.07, 6.45) is 3.32. The summed E-state index contributed by atoms with van der Waals surface area (Å²) in [5, 5.41) is 0. The molecule has 82 valence electrons. The van der Waals surface area contributed by atoms with Gasteiger partial charge in [-0.25, -0.2) is 4.79 Å². The molecule has 0 saturated carbocycles. The van der Waals surface area contributed by atoms with E-state index in [0.717, 1.165) is 0 Å². The van der Waals surface area contributed by atoms with Gasteiger partial charge in [-0.05, 0) is 20.8 Å². The minimum Gasteiger partial charge on any atom is -0.444 e. The molecule has 0 rings (SSSR count). The van der Waals surface area contributed by atoms with Crippen LogP contribution in [0.2, 0.25) is 0 Å². The van der Waals surface area contributed by atoms with E-state index in [1.165, 1.54) is 4.90 Å². The number of rotatable bonds is 3. The van der Waals surface area contributed by atoms with E-state index in [2.05, 4.69) is 0 Å². The lowest BCUT2D eigenvalue weighted by Crippen LogP contribution is -2.34. The molecule has 0 heterocycles. The Labute approximate surface area is 85.7 Å². The van der Waals surface area contributed by atoms with Crippen molar-refractivity contribution in [3.05, 3.63) is 12.2 Å². The van der Waals surface area contributed by atoms with Gasteiger partial charge in [0.25, 0.3) is 0 Å². The highest BCUT2D eigenvalue weighted by Gasteiger charge is 2.18. The fraction of sp³-hybridized carbons (Fsp3) is 0.700. The Balaban J connectivity index is 3.94. The summed E-state index contributed by atoms with van der Waals surface area (Å²) in [7, 11) is 1.69. The maximum absolute atomic E-state index is 11.4. The third-order valence-corrected chi connectivity index (χ3v) is 1.39. The Morgan fingerprint density at radius 3 is 2.43 bits per heavy atom. The molecule has 1 amide bonds. The van der Waals surface area contributed by atoms with Crippen molar-refractivity contribution < 1.29 is 9.53 Å². The van der Waals surface area contributed by atoms with Crippen LogP contribution in [0.1, 0.15) is 20.8 Å². The zero-order valence-electron chi connectivity index (χ0n) is 9.41. The van der Waals surface area contributed by atoms with Crippen LogP contribution in [0, 0.1) is 0 Å². The van der Waals surface area contributed by atoms with Gasteiger partial charge in [-0.2, -0.15) is 0 Å². The van der Waals surface area contributed by atoms with E-state index in [9.17, 15) is 4.79 Å². The number of hydrogen-bond acceptors (Lipinski definition) is 3. The number of likely N-dealkylation sites (N-methyl/N-ethyl adjacent to an activating group) is 1.